The van der Waals surface area contributed by atoms with Gasteiger partial charge in [-0.1, -0.05) is 23.7 Å². The molecule has 1 saturated heterocycles. The molecular weight excluding hydrogens is 619 g/mol. The molecule has 0 radical (unpaired) electrons. The predicted molar refractivity (Wildman–Crippen MR) is 136 cm³/mol. The summed E-state index contributed by atoms with van der Waals surface area (Å²) >= 11 is 5.79. The summed E-state index contributed by atoms with van der Waals surface area (Å²) in [6.45, 7) is -1.35. The molecule has 0 aliphatic carbocycles. The number of hydrogen-bond acceptors (Lipinski definition) is 5. The van der Waals surface area contributed by atoms with Gasteiger partial charge in [-0.15, -0.1) is 0 Å². The zero-order valence-electron chi connectivity index (χ0n) is 21.3. The highest BCUT2D eigenvalue weighted by Gasteiger charge is 2.42. The van der Waals surface area contributed by atoms with Crippen molar-refractivity contribution < 1.29 is 52.9 Å². The van der Waals surface area contributed by atoms with Crippen LogP contribution in [0.5, 0.6) is 0 Å². The molecule has 6 nitrogen and oxygen atoms in total. The number of halogens is 8. The van der Waals surface area contributed by atoms with Crippen LogP contribution in [0, 0.1) is 5.82 Å². The lowest BCUT2D eigenvalue weighted by Crippen LogP contribution is -2.52. The number of carbonyl (C=O) groups is 1. The molecule has 0 N–H and O–H groups in total. The van der Waals surface area contributed by atoms with Gasteiger partial charge in [0.25, 0.3) is 16.0 Å². The molecule has 1 fully saturated rings. The molecule has 4 rings (SSSR count). The van der Waals surface area contributed by atoms with E-state index in [0.717, 1.165) is 17.0 Å². The van der Waals surface area contributed by atoms with Crippen LogP contribution in [0.3, 0.4) is 0 Å². The van der Waals surface area contributed by atoms with Crippen molar-refractivity contribution in [3.63, 3.8) is 0 Å². The quantitative estimate of drug-likeness (QED) is 0.213. The van der Waals surface area contributed by atoms with E-state index in [9.17, 15) is 43.9 Å². The van der Waals surface area contributed by atoms with Crippen molar-refractivity contribution >= 4 is 27.6 Å². The Kier molecular flexibility index (Phi) is 8.93. The highest BCUT2D eigenvalue weighted by Crippen LogP contribution is 2.38. The molecule has 0 spiro atoms. The van der Waals surface area contributed by atoms with Gasteiger partial charge in [0.05, 0.1) is 35.8 Å². The summed E-state index contributed by atoms with van der Waals surface area (Å²) in [5, 5.41) is 0.285. The van der Waals surface area contributed by atoms with Gasteiger partial charge in [-0.3, -0.25) is 8.98 Å². The van der Waals surface area contributed by atoms with Crippen molar-refractivity contribution in [2.75, 3.05) is 26.3 Å². The van der Waals surface area contributed by atoms with Crippen molar-refractivity contribution in [3.05, 3.63) is 99.8 Å². The van der Waals surface area contributed by atoms with Gasteiger partial charge in [-0.2, -0.15) is 34.8 Å². The molecule has 1 aliphatic heterocycles. The number of benzene rings is 3. The van der Waals surface area contributed by atoms with Crippen LogP contribution < -0.4 is 0 Å². The van der Waals surface area contributed by atoms with Crippen molar-refractivity contribution in [2.24, 2.45) is 0 Å². The van der Waals surface area contributed by atoms with Gasteiger partial charge in [-0.05, 0) is 60.2 Å². The Balaban J connectivity index is 1.64. The monoisotopic (exact) mass is 639 g/mol. The molecule has 1 aliphatic rings. The molecule has 0 unspecified atom stereocenters. The molecule has 0 bridgehead atoms. The number of nitrogens with zero attached hydrogens (tertiary/aromatic N) is 1. The van der Waals surface area contributed by atoms with E-state index >= 15 is 0 Å². The van der Waals surface area contributed by atoms with E-state index in [2.05, 4.69) is 0 Å². The van der Waals surface area contributed by atoms with Gasteiger partial charge >= 0.3 is 12.4 Å². The van der Waals surface area contributed by atoms with Crippen LogP contribution in [0.25, 0.3) is 0 Å². The maximum absolute atomic E-state index is 13.7. The molecule has 42 heavy (non-hydrogen) atoms. The van der Waals surface area contributed by atoms with E-state index in [1.165, 1.54) is 36.4 Å². The first kappa shape index (κ1) is 31.7. The minimum atomic E-state index is -5.16. The number of ether oxygens (including phenoxy) is 1. The fraction of sp³-hybridized carbons (Fsp3) is 0.296. The third-order valence-corrected chi connectivity index (χ3v) is 8.10. The summed E-state index contributed by atoms with van der Waals surface area (Å²) in [7, 11) is -4.27. The molecule has 1 atom stereocenters. The molecule has 1 heterocycles. The van der Waals surface area contributed by atoms with Gasteiger partial charge < -0.3 is 9.64 Å². The fourth-order valence-electron chi connectivity index (χ4n) is 4.43. The first-order chi connectivity index (χ1) is 19.5. The lowest BCUT2D eigenvalue weighted by molar-refractivity contribution is -0.143. The Morgan fingerprint density at radius 3 is 2.05 bits per heavy atom. The Morgan fingerprint density at radius 1 is 0.929 bits per heavy atom. The zero-order valence-corrected chi connectivity index (χ0v) is 22.9. The highest BCUT2D eigenvalue weighted by atomic mass is 35.5. The third-order valence-electron chi connectivity index (χ3n) is 6.52. The summed E-state index contributed by atoms with van der Waals surface area (Å²) in [5.74, 6) is -1.76. The van der Waals surface area contributed by atoms with Crippen molar-refractivity contribution in [1.29, 1.82) is 0 Å². The number of rotatable bonds is 7. The SMILES string of the molecule is O=C(c1cc(C(F)(F)F)cc(C(F)(F)F)c1)N1CCO[C@@](CCOS(=O)(=O)c2ccc(Cl)cc2)(c2ccc(F)cc2)C1. The Bertz CT molecular complexity index is 1510. The Labute approximate surface area is 240 Å². The molecule has 0 aromatic heterocycles. The second-order valence-electron chi connectivity index (χ2n) is 9.35. The normalized spacial score (nSPS) is 18.2. The van der Waals surface area contributed by atoms with Crippen LogP contribution >= 0.6 is 11.6 Å². The predicted octanol–water partition coefficient (Wildman–Crippen LogP) is 6.68. The van der Waals surface area contributed by atoms with E-state index < -0.39 is 69.6 Å². The molecule has 3 aromatic rings. The average Bonchev–Trinajstić information content (AvgIpc) is 2.92. The highest BCUT2D eigenvalue weighted by molar-refractivity contribution is 7.86. The second kappa shape index (κ2) is 11.8. The van der Waals surface area contributed by atoms with Crippen LogP contribution in [0.1, 0.15) is 33.5 Å². The lowest BCUT2D eigenvalue weighted by atomic mass is 9.88. The van der Waals surface area contributed by atoms with Crippen LogP contribution in [0.4, 0.5) is 30.7 Å². The largest absolute Gasteiger partial charge is 0.416 e. The van der Waals surface area contributed by atoms with Gasteiger partial charge in [0.2, 0.25) is 0 Å². The van der Waals surface area contributed by atoms with Gasteiger partial charge in [0.15, 0.2) is 0 Å². The minimum absolute atomic E-state index is 0.0859. The van der Waals surface area contributed by atoms with E-state index in [0.29, 0.717) is 12.1 Å². The first-order valence-electron chi connectivity index (χ1n) is 12.1. The van der Waals surface area contributed by atoms with E-state index in [-0.39, 0.29) is 41.1 Å². The second-order valence-corrected chi connectivity index (χ2v) is 11.4. The van der Waals surface area contributed by atoms with E-state index in [4.69, 9.17) is 20.5 Å². The van der Waals surface area contributed by atoms with Crippen molar-refractivity contribution in [2.45, 2.75) is 29.3 Å². The summed E-state index contributed by atoms with van der Waals surface area (Å²) < 4.78 is 130. The topological polar surface area (TPSA) is 72.9 Å². The minimum Gasteiger partial charge on any atom is -0.366 e. The number of morpholine rings is 1. The summed E-state index contributed by atoms with van der Waals surface area (Å²) in [6, 6.07) is 10.5. The van der Waals surface area contributed by atoms with Gasteiger partial charge in [0, 0.05) is 23.6 Å². The standard InChI is InChI=1S/C27H21ClF7NO5S/c28-21-3-7-23(8-4-21)42(38,39)41-11-9-25(18-1-5-22(29)6-2-18)16-36(10-12-40-25)24(37)17-13-19(26(30,31)32)15-20(14-17)27(33,34)35/h1-8,13-15H,9-12,16H2/t25-/m1/s1. The van der Waals surface area contributed by atoms with Crippen molar-refractivity contribution in [1.82, 2.24) is 4.90 Å². The molecule has 1 amide bonds. The molecular formula is C27H21ClF7NO5S. The smallest absolute Gasteiger partial charge is 0.366 e. The average molecular weight is 640 g/mol. The van der Waals surface area contributed by atoms with Gasteiger partial charge in [0.1, 0.15) is 11.4 Å². The number of alkyl halides is 6. The summed E-state index contributed by atoms with van der Waals surface area (Å²) in [5.41, 5.74) is -5.44. The summed E-state index contributed by atoms with van der Waals surface area (Å²) in [4.78, 5) is 14.1. The maximum atomic E-state index is 13.7. The molecule has 0 saturated carbocycles. The number of hydrogen-bond donors (Lipinski definition) is 0. The summed E-state index contributed by atoms with van der Waals surface area (Å²) in [6.07, 6.45) is -10.6. The van der Waals surface area contributed by atoms with Crippen molar-refractivity contribution in [3.8, 4) is 0 Å². The first-order valence-corrected chi connectivity index (χ1v) is 13.9. The van der Waals surface area contributed by atoms with Gasteiger partial charge in [-0.25, -0.2) is 4.39 Å². The molecule has 3 aromatic carbocycles. The number of amides is 1. The zero-order chi connectivity index (χ0) is 30.9. The van der Waals surface area contributed by atoms with E-state index in [1.54, 1.807) is 0 Å². The third kappa shape index (κ3) is 7.22. The Morgan fingerprint density at radius 2 is 1.50 bits per heavy atom. The van der Waals surface area contributed by atoms with Crippen LogP contribution in [-0.2, 0) is 37.0 Å². The van der Waals surface area contributed by atoms with Crippen LogP contribution in [0.2, 0.25) is 5.02 Å². The maximum Gasteiger partial charge on any atom is 0.416 e. The number of carbonyl (C=O) groups excluding carboxylic acids is 1. The molecule has 15 heteroatoms. The van der Waals surface area contributed by atoms with E-state index in [1.807, 2.05) is 0 Å². The fourth-order valence-corrected chi connectivity index (χ4v) is 5.46. The lowest BCUT2D eigenvalue weighted by Gasteiger charge is -2.43. The van der Waals surface area contributed by atoms with Crippen LogP contribution in [-0.4, -0.2) is 45.5 Å². The van der Waals surface area contributed by atoms with Crippen LogP contribution in [0.15, 0.2) is 71.6 Å². The molecule has 226 valence electrons. The Hall–Kier alpha value is -3.20.